The average molecular weight is 249 g/mol. The molecular formula is C14H23N3O. The van der Waals surface area contributed by atoms with Crippen molar-refractivity contribution >= 4 is 0 Å². The summed E-state index contributed by atoms with van der Waals surface area (Å²) in [4.78, 5) is 2.49. The molecule has 3 rings (SSSR count). The molecule has 4 nitrogen and oxygen atoms in total. The van der Waals surface area contributed by atoms with Gasteiger partial charge in [0.15, 0.2) is 0 Å². The summed E-state index contributed by atoms with van der Waals surface area (Å²) in [6.07, 6.45) is 4.81. The van der Waals surface area contributed by atoms with Crippen LogP contribution in [0.15, 0.2) is 22.9 Å². The average Bonchev–Trinajstić information content (AvgIpc) is 2.82. The van der Waals surface area contributed by atoms with Crippen LogP contribution in [0.1, 0.15) is 19.8 Å². The second-order valence-corrected chi connectivity index (χ2v) is 5.32. The van der Waals surface area contributed by atoms with E-state index in [1.54, 1.807) is 5.57 Å². The van der Waals surface area contributed by atoms with Crippen molar-refractivity contribution in [2.45, 2.75) is 19.8 Å². The SMILES string of the molecule is CC1=CCCC2=C1N(CCN1CCOCC1)NC2. The summed E-state index contributed by atoms with van der Waals surface area (Å²) < 4.78 is 5.39. The predicted octanol–water partition coefficient (Wildman–Crippen LogP) is 1.13. The normalized spacial score (nSPS) is 25.4. The highest BCUT2D eigenvalue weighted by atomic mass is 16.5. The van der Waals surface area contributed by atoms with Crippen LogP contribution >= 0.6 is 0 Å². The highest BCUT2D eigenvalue weighted by molar-refractivity contribution is 5.38. The number of hydrogen-bond acceptors (Lipinski definition) is 4. The lowest BCUT2D eigenvalue weighted by molar-refractivity contribution is 0.0335. The molecule has 0 atom stereocenters. The van der Waals surface area contributed by atoms with E-state index in [1.807, 2.05) is 0 Å². The first-order chi connectivity index (χ1) is 8.84. The molecule has 0 aromatic heterocycles. The molecule has 1 aliphatic carbocycles. The molecule has 3 aliphatic rings. The van der Waals surface area contributed by atoms with Gasteiger partial charge in [-0.15, -0.1) is 0 Å². The Morgan fingerprint density at radius 3 is 2.94 bits per heavy atom. The standard InChI is InChI=1S/C14H23N3O/c1-12-3-2-4-13-11-15-17(14(12)13)6-5-16-7-9-18-10-8-16/h3,15H,2,4-11H2,1H3. The molecule has 4 heteroatoms. The molecule has 0 saturated carbocycles. The lowest BCUT2D eigenvalue weighted by atomic mass is 9.97. The molecule has 0 spiro atoms. The van der Waals surface area contributed by atoms with Crippen molar-refractivity contribution in [3.05, 3.63) is 22.9 Å². The fourth-order valence-electron chi connectivity index (χ4n) is 3.06. The molecule has 0 bridgehead atoms. The Morgan fingerprint density at radius 1 is 1.28 bits per heavy atom. The van der Waals surface area contributed by atoms with Gasteiger partial charge in [0.1, 0.15) is 0 Å². The van der Waals surface area contributed by atoms with Gasteiger partial charge in [0, 0.05) is 32.7 Å². The first-order valence-corrected chi connectivity index (χ1v) is 7.05. The zero-order chi connectivity index (χ0) is 12.4. The number of nitrogens with zero attached hydrogens (tertiary/aromatic N) is 2. The Balaban J connectivity index is 1.57. The predicted molar refractivity (Wildman–Crippen MR) is 72.0 cm³/mol. The smallest absolute Gasteiger partial charge is 0.0594 e. The van der Waals surface area contributed by atoms with Crippen LogP contribution < -0.4 is 5.43 Å². The van der Waals surface area contributed by atoms with Crippen LogP contribution in [0.4, 0.5) is 0 Å². The van der Waals surface area contributed by atoms with Gasteiger partial charge in [-0.1, -0.05) is 6.08 Å². The van der Waals surface area contributed by atoms with Gasteiger partial charge in [-0.05, 0) is 30.9 Å². The molecular weight excluding hydrogens is 226 g/mol. The molecule has 1 fully saturated rings. The van der Waals surface area contributed by atoms with Gasteiger partial charge in [0.2, 0.25) is 0 Å². The van der Waals surface area contributed by atoms with Crippen LogP contribution in [-0.2, 0) is 4.74 Å². The molecule has 18 heavy (non-hydrogen) atoms. The molecule has 0 amide bonds. The van der Waals surface area contributed by atoms with Crippen LogP contribution in [-0.4, -0.2) is 55.8 Å². The van der Waals surface area contributed by atoms with E-state index < -0.39 is 0 Å². The minimum atomic E-state index is 0.889. The van der Waals surface area contributed by atoms with Gasteiger partial charge >= 0.3 is 0 Å². The number of hydrazine groups is 1. The first-order valence-electron chi connectivity index (χ1n) is 7.05. The third-order valence-corrected chi connectivity index (χ3v) is 4.10. The van der Waals surface area contributed by atoms with Gasteiger partial charge in [-0.3, -0.25) is 4.90 Å². The van der Waals surface area contributed by atoms with Crippen molar-refractivity contribution in [2.75, 3.05) is 45.9 Å². The molecule has 0 unspecified atom stereocenters. The van der Waals surface area contributed by atoms with Crippen LogP contribution in [0.5, 0.6) is 0 Å². The minimum Gasteiger partial charge on any atom is -0.379 e. The maximum Gasteiger partial charge on any atom is 0.0594 e. The van der Waals surface area contributed by atoms with Gasteiger partial charge in [0.25, 0.3) is 0 Å². The highest BCUT2D eigenvalue weighted by Gasteiger charge is 2.25. The van der Waals surface area contributed by atoms with Crippen molar-refractivity contribution in [2.24, 2.45) is 0 Å². The van der Waals surface area contributed by atoms with Gasteiger partial charge in [0.05, 0.1) is 18.9 Å². The van der Waals surface area contributed by atoms with E-state index in [9.17, 15) is 0 Å². The topological polar surface area (TPSA) is 27.7 Å². The molecule has 0 aromatic rings. The Kier molecular flexibility index (Phi) is 3.68. The Morgan fingerprint density at radius 2 is 2.11 bits per heavy atom. The van der Waals surface area contributed by atoms with Crippen molar-refractivity contribution in [3.63, 3.8) is 0 Å². The third-order valence-electron chi connectivity index (χ3n) is 4.10. The Hall–Kier alpha value is -0.840. The van der Waals surface area contributed by atoms with E-state index in [2.05, 4.69) is 28.3 Å². The molecule has 0 radical (unpaired) electrons. The van der Waals surface area contributed by atoms with Crippen LogP contribution in [0.25, 0.3) is 0 Å². The second kappa shape index (κ2) is 5.43. The van der Waals surface area contributed by atoms with E-state index in [1.165, 1.54) is 24.1 Å². The summed E-state index contributed by atoms with van der Waals surface area (Å²) in [5.41, 5.74) is 8.04. The maximum absolute atomic E-state index is 5.39. The van der Waals surface area contributed by atoms with Gasteiger partial charge in [-0.2, -0.15) is 0 Å². The largest absolute Gasteiger partial charge is 0.379 e. The van der Waals surface area contributed by atoms with Crippen molar-refractivity contribution in [3.8, 4) is 0 Å². The Bertz CT molecular complexity index is 369. The number of nitrogens with one attached hydrogen (secondary N) is 1. The number of hydrogen-bond donors (Lipinski definition) is 1. The van der Waals surface area contributed by atoms with Gasteiger partial charge < -0.3 is 9.75 Å². The first kappa shape index (κ1) is 12.2. The van der Waals surface area contributed by atoms with Crippen molar-refractivity contribution < 1.29 is 4.74 Å². The van der Waals surface area contributed by atoms with E-state index in [-0.39, 0.29) is 0 Å². The van der Waals surface area contributed by atoms with Crippen LogP contribution in [0.2, 0.25) is 0 Å². The number of ether oxygens (including phenoxy) is 1. The molecule has 1 saturated heterocycles. The fourth-order valence-corrected chi connectivity index (χ4v) is 3.06. The lowest BCUT2D eigenvalue weighted by Gasteiger charge is -2.30. The molecule has 100 valence electrons. The highest BCUT2D eigenvalue weighted by Crippen LogP contribution is 2.30. The Labute approximate surface area is 109 Å². The van der Waals surface area contributed by atoms with Crippen molar-refractivity contribution in [1.82, 2.24) is 15.3 Å². The zero-order valence-electron chi connectivity index (χ0n) is 11.2. The quantitative estimate of drug-likeness (QED) is 0.811. The summed E-state index contributed by atoms with van der Waals surface area (Å²) in [7, 11) is 0. The third kappa shape index (κ3) is 2.46. The summed E-state index contributed by atoms with van der Waals surface area (Å²) in [5.74, 6) is 0. The summed E-state index contributed by atoms with van der Waals surface area (Å²) >= 11 is 0. The molecule has 2 heterocycles. The number of allylic oxidation sites excluding steroid dienone is 2. The van der Waals surface area contributed by atoms with Crippen LogP contribution in [0.3, 0.4) is 0 Å². The van der Waals surface area contributed by atoms with E-state index in [0.29, 0.717) is 0 Å². The van der Waals surface area contributed by atoms with E-state index in [0.717, 1.165) is 45.9 Å². The zero-order valence-corrected chi connectivity index (χ0v) is 11.2. The fraction of sp³-hybridized carbons (Fsp3) is 0.714. The summed E-state index contributed by atoms with van der Waals surface area (Å²) in [5, 5.41) is 2.36. The molecule has 2 aliphatic heterocycles. The summed E-state index contributed by atoms with van der Waals surface area (Å²) in [6.45, 7) is 9.42. The van der Waals surface area contributed by atoms with Crippen molar-refractivity contribution in [1.29, 1.82) is 0 Å². The summed E-state index contributed by atoms with van der Waals surface area (Å²) in [6, 6.07) is 0. The maximum atomic E-state index is 5.39. The molecule has 1 N–H and O–H groups in total. The second-order valence-electron chi connectivity index (χ2n) is 5.32. The van der Waals surface area contributed by atoms with Crippen LogP contribution in [0, 0.1) is 0 Å². The monoisotopic (exact) mass is 249 g/mol. The van der Waals surface area contributed by atoms with E-state index in [4.69, 9.17) is 4.74 Å². The number of rotatable bonds is 3. The molecule has 0 aromatic carbocycles. The lowest BCUT2D eigenvalue weighted by Crippen LogP contribution is -2.43. The van der Waals surface area contributed by atoms with Gasteiger partial charge in [-0.25, -0.2) is 5.43 Å². The minimum absolute atomic E-state index is 0.889. The van der Waals surface area contributed by atoms with E-state index >= 15 is 0 Å². The number of morpholine rings is 1.